The molecule has 0 bridgehead atoms. The monoisotopic (exact) mass is 242 g/mol. The highest BCUT2D eigenvalue weighted by atomic mass is 15.3. The van der Waals surface area contributed by atoms with Gasteiger partial charge in [0.25, 0.3) is 0 Å². The van der Waals surface area contributed by atoms with Crippen LogP contribution in [0.1, 0.15) is 22.4 Å². The molecule has 18 heavy (non-hydrogen) atoms. The molecule has 0 saturated carbocycles. The summed E-state index contributed by atoms with van der Waals surface area (Å²) in [6.07, 6.45) is 0. The van der Waals surface area contributed by atoms with E-state index in [1.54, 1.807) is 0 Å². The zero-order valence-corrected chi connectivity index (χ0v) is 11.2. The third-order valence-electron chi connectivity index (χ3n) is 3.29. The van der Waals surface area contributed by atoms with E-state index in [-0.39, 0.29) is 0 Å². The van der Waals surface area contributed by atoms with Crippen molar-refractivity contribution < 1.29 is 0 Å². The van der Waals surface area contributed by atoms with Crippen molar-refractivity contribution in [1.29, 1.82) is 0 Å². The first-order valence-corrected chi connectivity index (χ1v) is 5.92. The van der Waals surface area contributed by atoms with E-state index in [2.05, 4.69) is 41.4 Å². The summed E-state index contributed by atoms with van der Waals surface area (Å²) in [5, 5.41) is 0. The molecule has 2 rings (SSSR count). The molecule has 0 atom stereocenters. The van der Waals surface area contributed by atoms with Crippen LogP contribution in [0.25, 0.3) is 11.4 Å². The predicted octanol–water partition coefficient (Wildman–Crippen LogP) is 2.66. The quantitative estimate of drug-likeness (QED) is 0.627. The molecule has 0 spiro atoms. The van der Waals surface area contributed by atoms with Crippen LogP contribution in [-0.4, -0.2) is 9.97 Å². The highest BCUT2D eigenvalue weighted by Gasteiger charge is 2.09. The molecule has 0 aliphatic heterocycles. The molecule has 0 saturated heterocycles. The van der Waals surface area contributed by atoms with E-state index in [1.807, 2.05) is 19.9 Å². The largest absolute Gasteiger partial charge is 0.308 e. The van der Waals surface area contributed by atoms with Crippen LogP contribution in [0, 0.1) is 27.7 Å². The van der Waals surface area contributed by atoms with Gasteiger partial charge >= 0.3 is 0 Å². The van der Waals surface area contributed by atoms with Gasteiger partial charge in [0.2, 0.25) is 0 Å². The Hall–Kier alpha value is -1.94. The maximum atomic E-state index is 5.48. The van der Waals surface area contributed by atoms with Crippen LogP contribution >= 0.6 is 0 Å². The number of nitrogens with zero attached hydrogens (tertiary/aromatic N) is 2. The molecule has 2 aromatic rings. The number of hydrazine groups is 1. The number of hydrogen-bond donors (Lipinski definition) is 2. The Labute approximate surface area is 107 Å². The Morgan fingerprint density at radius 2 is 1.72 bits per heavy atom. The number of anilines is 1. The molecule has 1 aromatic heterocycles. The van der Waals surface area contributed by atoms with Crippen LogP contribution in [-0.2, 0) is 0 Å². The minimum atomic E-state index is 0.677. The van der Waals surface area contributed by atoms with Crippen molar-refractivity contribution in [1.82, 2.24) is 9.97 Å². The average molecular weight is 242 g/mol. The molecule has 4 nitrogen and oxygen atoms in total. The molecular weight excluding hydrogens is 224 g/mol. The van der Waals surface area contributed by atoms with Crippen LogP contribution in [0.2, 0.25) is 0 Å². The van der Waals surface area contributed by atoms with Crippen molar-refractivity contribution in [3.8, 4) is 11.4 Å². The molecule has 0 aliphatic rings. The molecule has 3 N–H and O–H groups in total. The van der Waals surface area contributed by atoms with Crippen molar-refractivity contribution in [2.75, 3.05) is 5.43 Å². The second-order valence-corrected chi connectivity index (χ2v) is 4.55. The van der Waals surface area contributed by atoms with Gasteiger partial charge in [0.05, 0.1) is 0 Å². The summed E-state index contributed by atoms with van der Waals surface area (Å²) >= 11 is 0. The maximum absolute atomic E-state index is 5.48. The van der Waals surface area contributed by atoms with Crippen molar-refractivity contribution in [3.05, 3.63) is 40.6 Å². The van der Waals surface area contributed by atoms with E-state index in [0.29, 0.717) is 11.6 Å². The Bertz CT molecular complexity index is 591. The lowest BCUT2D eigenvalue weighted by Crippen LogP contribution is -2.12. The van der Waals surface area contributed by atoms with Gasteiger partial charge in [0.1, 0.15) is 5.82 Å². The summed E-state index contributed by atoms with van der Waals surface area (Å²) in [4.78, 5) is 8.96. The fraction of sp³-hybridized carbons (Fsp3) is 0.286. The summed E-state index contributed by atoms with van der Waals surface area (Å²) < 4.78 is 0. The molecule has 0 unspecified atom stereocenters. The summed E-state index contributed by atoms with van der Waals surface area (Å²) in [5.41, 5.74) is 8.04. The van der Waals surface area contributed by atoms with Crippen LogP contribution in [0.4, 0.5) is 5.82 Å². The highest BCUT2D eigenvalue weighted by molar-refractivity contribution is 5.61. The molecule has 94 valence electrons. The Kier molecular flexibility index (Phi) is 3.30. The van der Waals surface area contributed by atoms with Crippen molar-refractivity contribution in [3.63, 3.8) is 0 Å². The maximum Gasteiger partial charge on any atom is 0.161 e. The van der Waals surface area contributed by atoms with Crippen molar-refractivity contribution in [2.45, 2.75) is 27.7 Å². The Morgan fingerprint density at radius 1 is 1.00 bits per heavy atom. The van der Waals surface area contributed by atoms with E-state index in [9.17, 15) is 0 Å². The standard InChI is InChI=1S/C14H18N4/c1-8-5-6-12(7-9(8)2)14-16-11(4)10(3)13(17-14)18-15/h5-7H,15H2,1-4H3,(H,16,17,18). The van der Waals surface area contributed by atoms with E-state index < -0.39 is 0 Å². The molecule has 0 aliphatic carbocycles. The smallest absolute Gasteiger partial charge is 0.161 e. The summed E-state index contributed by atoms with van der Waals surface area (Å²) in [6.45, 7) is 8.09. The number of benzene rings is 1. The molecule has 0 radical (unpaired) electrons. The number of nitrogen functional groups attached to an aromatic ring is 1. The average Bonchev–Trinajstić information content (AvgIpc) is 2.36. The first kappa shape index (κ1) is 12.5. The lowest BCUT2D eigenvalue weighted by atomic mass is 10.1. The molecule has 0 fully saturated rings. The number of hydrogen-bond acceptors (Lipinski definition) is 4. The zero-order chi connectivity index (χ0) is 13.3. The first-order chi connectivity index (χ1) is 8.52. The second-order valence-electron chi connectivity index (χ2n) is 4.55. The lowest BCUT2D eigenvalue weighted by Gasteiger charge is -2.10. The van der Waals surface area contributed by atoms with Crippen molar-refractivity contribution >= 4 is 5.82 Å². The summed E-state index contributed by atoms with van der Waals surface area (Å²) in [7, 11) is 0. The fourth-order valence-corrected chi connectivity index (χ4v) is 1.78. The molecule has 0 amide bonds. The van der Waals surface area contributed by atoms with Crippen LogP contribution < -0.4 is 11.3 Å². The minimum absolute atomic E-state index is 0.677. The minimum Gasteiger partial charge on any atom is -0.308 e. The third kappa shape index (κ3) is 2.19. The first-order valence-electron chi connectivity index (χ1n) is 5.92. The van der Waals surface area contributed by atoms with Gasteiger partial charge in [-0.2, -0.15) is 0 Å². The van der Waals surface area contributed by atoms with E-state index >= 15 is 0 Å². The Morgan fingerprint density at radius 3 is 2.33 bits per heavy atom. The van der Waals surface area contributed by atoms with Gasteiger partial charge in [-0.3, -0.25) is 0 Å². The van der Waals surface area contributed by atoms with Crippen LogP contribution in [0.3, 0.4) is 0 Å². The summed E-state index contributed by atoms with van der Waals surface area (Å²) in [5.74, 6) is 6.86. The van der Waals surface area contributed by atoms with Crippen molar-refractivity contribution in [2.24, 2.45) is 5.84 Å². The second kappa shape index (κ2) is 4.74. The van der Waals surface area contributed by atoms with E-state index in [1.165, 1.54) is 11.1 Å². The topological polar surface area (TPSA) is 63.8 Å². The molecule has 1 heterocycles. The van der Waals surface area contributed by atoms with Gasteiger partial charge < -0.3 is 5.43 Å². The van der Waals surface area contributed by atoms with Crippen LogP contribution in [0.5, 0.6) is 0 Å². The normalized spacial score (nSPS) is 10.5. The van der Waals surface area contributed by atoms with E-state index in [4.69, 9.17) is 5.84 Å². The molecular formula is C14H18N4. The van der Waals surface area contributed by atoms with Crippen LogP contribution in [0.15, 0.2) is 18.2 Å². The summed E-state index contributed by atoms with van der Waals surface area (Å²) in [6, 6.07) is 6.21. The van der Waals surface area contributed by atoms with E-state index in [0.717, 1.165) is 16.8 Å². The van der Waals surface area contributed by atoms with Gasteiger partial charge in [-0.1, -0.05) is 12.1 Å². The Balaban J connectivity index is 2.57. The molecule has 1 aromatic carbocycles. The van der Waals surface area contributed by atoms with Gasteiger partial charge in [-0.05, 0) is 44.9 Å². The zero-order valence-electron chi connectivity index (χ0n) is 11.2. The third-order valence-corrected chi connectivity index (χ3v) is 3.29. The number of rotatable bonds is 2. The van der Waals surface area contributed by atoms with Gasteiger partial charge in [0.15, 0.2) is 5.82 Å². The van der Waals surface area contributed by atoms with Gasteiger partial charge in [0, 0.05) is 16.8 Å². The van der Waals surface area contributed by atoms with Gasteiger partial charge in [-0.25, -0.2) is 15.8 Å². The SMILES string of the molecule is Cc1ccc(-c2nc(C)c(C)c(NN)n2)cc1C. The van der Waals surface area contributed by atoms with Gasteiger partial charge in [-0.15, -0.1) is 0 Å². The fourth-order valence-electron chi connectivity index (χ4n) is 1.78. The lowest BCUT2D eigenvalue weighted by molar-refractivity contribution is 1.06. The predicted molar refractivity (Wildman–Crippen MR) is 74.2 cm³/mol. The number of aromatic nitrogens is 2. The number of nitrogens with one attached hydrogen (secondary N) is 1. The molecule has 4 heteroatoms. The number of nitrogens with two attached hydrogens (primary N) is 1. The number of aryl methyl sites for hydroxylation is 3. The highest BCUT2D eigenvalue weighted by Crippen LogP contribution is 2.22.